The second kappa shape index (κ2) is 8.90. The molecular formula is C13H19NO4S. The number of aromatic nitrogens is 1. The van der Waals surface area contributed by atoms with Gasteiger partial charge in [0.05, 0.1) is 13.2 Å². The quantitative estimate of drug-likeness (QED) is 0.316. The molecule has 0 spiro atoms. The minimum atomic E-state index is -0.386. The zero-order valence-electron chi connectivity index (χ0n) is 11.5. The van der Waals surface area contributed by atoms with Crippen LogP contribution in [0, 0.1) is 0 Å². The molecule has 19 heavy (non-hydrogen) atoms. The van der Waals surface area contributed by atoms with Gasteiger partial charge in [0.2, 0.25) is 0 Å². The van der Waals surface area contributed by atoms with Crippen molar-refractivity contribution in [2.75, 3.05) is 26.3 Å². The largest absolute Gasteiger partial charge is 0.461 e. The Bertz CT molecular complexity index is 412. The molecule has 5 nitrogen and oxygen atoms in total. The topological polar surface area (TPSA) is 57.7 Å². The van der Waals surface area contributed by atoms with Gasteiger partial charge in [0.25, 0.3) is 0 Å². The Hall–Kier alpha value is -1.11. The van der Waals surface area contributed by atoms with Crippen molar-refractivity contribution in [3.63, 3.8) is 0 Å². The number of nitrogens with zero attached hydrogens (tertiary/aromatic N) is 1. The standard InChI is InChI=1S/C13H19NO4S/c1-4-18-13(15)12-11(19-5-2)6-10(7-14-12)8-17-9-16-3/h6-7H,4-5,8-9H2,1-3H3. The van der Waals surface area contributed by atoms with Gasteiger partial charge in [-0.25, -0.2) is 9.78 Å². The number of esters is 1. The van der Waals surface area contributed by atoms with Crippen molar-refractivity contribution in [3.8, 4) is 0 Å². The summed E-state index contributed by atoms with van der Waals surface area (Å²) in [5, 5.41) is 0. The van der Waals surface area contributed by atoms with Gasteiger partial charge in [-0.1, -0.05) is 6.92 Å². The van der Waals surface area contributed by atoms with E-state index in [0.29, 0.717) is 18.9 Å². The summed E-state index contributed by atoms with van der Waals surface area (Å²) in [6.07, 6.45) is 1.63. The summed E-state index contributed by atoms with van der Waals surface area (Å²) < 4.78 is 15.1. The molecule has 0 amide bonds. The highest BCUT2D eigenvalue weighted by Gasteiger charge is 2.15. The maximum absolute atomic E-state index is 11.8. The van der Waals surface area contributed by atoms with Crippen LogP contribution in [0.1, 0.15) is 29.9 Å². The molecule has 0 aliphatic carbocycles. The summed E-state index contributed by atoms with van der Waals surface area (Å²) in [6.45, 7) is 4.78. The van der Waals surface area contributed by atoms with E-state index in [-0.39, 0.29) is 12.8 Å². The van der Waals surface area contributed by atoms with Crippen LogP contribution < -0.4 is 0 Å². The zero-order chi connectivity index (χ0) is 14.1. The minimum Gasteiger partial charge on any atom is -0.461 e. The molecule has 0 saturated carbocycles. The third-order valence-corrected chi connectivity index (χ3v) is 3.06. The number of pyridine rings is 1. The molecule has 6 heteroatoms. The van der Waals surface area contributed by atoms with Crippen LogP contribution in [0.25, 0.3) is 0 Å². The first-order valence-corrected chi connectivity index (χ1v) is 7.07. The maximum atomic E-state index is 11.8. The number of thioether (sulfide) groups is 1. The average molecular weight is 285 g/mol. The third kappa shape index (κ3) is 5.18. The van der Waals surface area contributed by atoms with Gasteiger partial charge in [0, 0.05) is 18.2 Å². The third-order valence-electron chi connectivity index (χ3n) is 2.15. The van der Waals surface area contributed by atoms with Crippen LogP contribution in [0.4, 0.5) is 0 Å². The van der Waals surface area contributed by atoms with Crippen LogP contribution in [0.5, 0.6) is 0 Å². The van der Waals surface area contributed by atoms with Crippen molar-refractivity contribution in [1.82, 2.24) is 4.98 Å². The summed E-state index contributed by atoms with van der Waals surface area (Å²) in [6, 6.07) is 1.91. The van der Waals surface area contributed by atoms with Crippen LogP contribution in [0.2, 0.25) is 0 Å². The van der Waals surface area contributed by atoms with Crippen LogP contribution in [0.15, 0.2) is 17.2 Å². The molecular weight excluding hydrogens is 266 g/mol. The first-order chi connectivity index (χ1) is 9.22. The van der Waals surface area contributed by atoms with Gasteiger partial charge >= 0.3 is 5.97 Å². The molecule has 0 saturated heterocycles. The molecule has 0 aliphatic heterocycles. The number of rotatable bonds is 8. The van der Waals surface area contributed by atoms with E-state index in [1.807, 2.05) is 13.0 Å². The molecule has 0 radical (unpaired) electrons. The Balaban J connectivity index is 2.84. The van der Waals surface area contributed by atoms with Gasteiger partial charge in [-0.15, -0.1) is 11.8 Å². The summed E-state index contributed by atoms with van der Waals surface area (Å²) >= 11 is 1.56. The Morgan fingerprint density at radius 1 is 1.42 bits per heavy atom. The van der Waals surface area contributed by atoms with E-state index in [4.69, 9.17) is 14.2 Å². The van der Waals surface area contributed by atoms with Crippen molar-refractivity contribution >= 4 is 17.7 Å². The molecule has 0 fully saturated rings. The van der Waals surface area contributed by atoms with Gasteiger partial charge < -0.3 is 14.2 Å². The van der Waals surface area contributed by atoms with E-state index in [0.717, 1.165) is 16.2 Å². The first kappa shape index (κ1) is 15.9. The Kier molecular flexibility index (Phi) is 7.47. The molecule has 1 aromatic rings. The van der Waals surface area contributed by atoms with E-state index in [2.05, 4.69) is 4.98 Å². The molecule has 1 aromatic heterocycles. The van der Waals surface area contributed by atoms with Crippen molar-refractivity contribution in [3.05, 3.63) is 23.5 Å². The lowest BCUT2D eigenvalue weighted by Gasteiger charge is -2.09. The second-order valence-corrected chi connectivity index (χ2v) is 4.90. The lowest BCUT2D eigenvalue weighted by molar-refractivity contribution is -0.0392. The molecule has 1 rings (SSSR count). The second-order valence-electron chi connectivity index (χ2n) is 3.60. The van der Waals surface area contributed by atoms with Gasteiger partial charge in [0.1, 0.15) is 6.79 Å². The Morgan fingerprint density at radius 2 is 2.21 bits per heavy atom. The fourth-order valence-corrected chi connectivity index (χ4v) is 2.24. The van der Waals surface area contributed by atoms with Gasteiger partial charge in [0.15, 0.2) is 5.69 Å². The molecule has 1 heterocycles. The van der Waals surface area contributed by atoms with Crippen LogP contribution >= 0.6 is 11.8 Å². The smallest absolute Gasteiger partial charge is 0.358 e. The number of ether oxygens (including phenoxy) is 3. The Labute approximate surface area is 117 Å². The monoisotopic (exact) mass is 285 g/mol. The molecule has 0 N–H and O–H groups in total. The van der Waals surface area contributed by atoms with E-state index in [9.17, 15) is 4.79 Å². The SMILES string of the molecule is CCOC(=O)c1ncc(COCOC)cc1SCC. The molecule has 0 aromatic carbocycles. The number of hydrogen-bond donors (Lipinski definition) is 0. The lowest BCUT2D eigenvalue weighted by Crippen LogP contribution is -2.09. The van der Waals surface area contributed by atoms with Crippen molar-refractivity contribution in [1.29, 1.82) is 0 Å². The minimum absolute atomic E-state index is 0.232. The fraction of sp³-hybridized carbons (Fsp3) is 0.538. The summed E-state index contributed by atoms with van der Waals surface area (Å²) in [4.78, 5) is 16.8. The van der Waals surface area contributed by atoms with E-state index < -0.39 is 0 Å². The molecule has 0 unspecified atom stereocenters. The number of carbonyl (C=O) groups is 1. The van der Waals surface area contributed by atoms with Crippen LogP contribution in [0.3, 0.4) is 0 Å². The van der Waals surface area contributed by atoms with Gasteiger partial charge in [-0.3, -0.25) is 0 Å². The molecule has 0 atom stereocenters. The summed E-state index contributed by atoms with van der Waals surface area (Å²) in [5.41, 5.74) is 1.27. The molecule has 0 bridgehead atoms. The summed E-state index contributed by atoms with van der Waals surface area (Å²) in [7, 11) is 1.57. The highest BCUT2D eigenvalue weighted by atomic mass is 32.2. The summed E-state index contributed by atoms with van der Waals surface area (Å²) in [5.74, 6) is 0.471. The van der Waals surface area contributed by atoms with Gasteiger partial charge in [-0.05, 0) is 24.3 Å². The van der Waals surface area contributed by atoms with Gasteiger partial charge in [-0.2, -0.15) is 0 Å². The zero-order valence-corrected chi connectivity index (χ0v) is 12.3. The number of hydrogen-bond acceptors (Lipinski definition) is 6. The van der Waals surface area contributed by atoms with E-state index in [1.165, 1.54) is 0 Å². The lowest BCUT2D eigenvalue weighted by atomic mass is 10.2. The van der Waals surface area contributed by atoms with E-state index in [1.54, 1.807) is 32.0 Å². The highest BCUT2D eigenvalue weighted by molar-refractivity contribution is 7.99. The van der Waals surface area contributed by atoms with Crippen molar-refractivity contribution < 1.29 is 19.0 Å². The average Bonchev–Trinajstić information content (AvgIpc) is 2.40. The van der Waals surface area contributed by atoms with E-state index >= 15 is 0 Å². The predicted molar refractivity (Wildman–Crippen MR) is 73.3 cm³/mol. The normalized spacial score (nSPS) is 10.5. The highest BCUT2D eigenvalue weighted by Crippen LogP contribution is 2.23. The molecule has 0 aliphatic rings. The number of carbonyl (C=O) groups excluding carboxylic acids is 1. The predicted octanol–water partition coefficient (Wildman–Crippen LogP) is 2.49. The number of methoxy groups -OCH3 is 1. The first-order valence-electron chi connectivity index (χ1n) is 6.08. The van der Waals surface area contributed by atoms with Crippen molar-refractivity contribution in [2.24, 2.45) is 0 Å². The van der Waals surface area contributed by atoms with Crippen LogP contribution in [-0.4, -0.2) is 37.2 Å². The molecule has 106 valence electrons. The van der Waals surface area contributed by atoms with Crippen molar-refractivity contribution in [2.45, 2.75) is 25.3 Å². The Morgan fingerprint density at radius 3 is 2.84 bits per heavy atom. The maximum Gasteiger partial charge on any atom is 0.358 e. The van der Waals surface area contributed by atoms with Crippen LogP contribution in [-0.2, 0) is 20.8 Å². The fourth-order valence-electron chi connectivity index (χ4n) is 1.43.